The Morgan fingerprint density at radius 2 is 2.00 bits per heavy atom. The van der Waals surface area contributed by atoms with Crippen molar-refractivity contribution in [2.24, 2.45) is 0 Å². The predicted molar refractivity (Wildman–Crippen MR) is 82.1 cm³/mol. The topological polar surface area (TPSA) is 23.5 Å². The Balaban J connectivity index is 1.83. The van der Waals surface area contributed by atoms with E-state index in [4.69, 9.17) is 11.6 Å². The first-order chi connectivity index (χ1) is 9.66. The molecule has 0 fully saturated rings. The van der Waals surface area contributed by atoms with Crippen LogP contribution in [-0.4, -0.2) is 17.1 Å². The van der Waals surface area contributed by atoms with Gasteiger partial charge in [0, 0.05) is 23.2 Å². The Kier molecular flexibility index (Phi) is 3.68. The fraction of sp³-hybridized carbons (Fsp3) is 0.294. The van der Waals surface area contributed by atoms with Crippen LogP contribution in [0.5, 0.6) is 5.75 Å². The van der Waals surface area contributed by atoms with Crippen LogP contribution in [0.2, 0.25) is 5.02 Å². The van der Waals surface area contributed by atoms with Crippen LogP contribution >= 0.6 is 11.6 Å². The second-order valence-electron chi connectivity index (χ2n) is 5.41. The van der Waals surface area contributed by atoms with E-state index in [1.807, 2.05) is 6.07 Å². The molecule has 104 valence electrons. The molecule has 3 rings (SSSR count). The highest BCUT2D eigenvalue weighted by Crippen LogP contribution is 2.37. The summed E-state index contributed by atoms with van der Waals surface area (Å²) in [6, 6.07) is 14.3. The first-order valence-electron chi connectivity index (χ1n) is 6.91. The summed E-state index contributed by atoms with van der Waals surface area (Å²) in [4.78, 5) is 2.27. The quantitative estimate of drug-likeness (QED) is 0.916. The van der Waals surface area contributed by atoms with E-state index in [1.165, 1.54) is 11.1 Å². The molecule has 1 unspecified atom stereocenters. The van der Waals surface area contributed by atoms with Gasteiger partial charge in [0.2, 0.25) is 0 Å². The summed E-state index contributed by atoms with van der Waals surface area (Å²) in [7, 11) is 2.09. The molecule has 1 atom stereocenters. The van der Waals surface area contributed by atoms with Gasteiger partial charge in [-0.1, -0.05) is 41.9 Å². The van der Waals surface area contributed by atoms with Crippen LogP contribution in [0.3, 0.4) is 0 Å². The van der Waals surface area contributed by atoms with Crippen molar-refractivity contribution >= 4 is 11.6 Å². The first kappa shape index (κ1) is 13.5. The van der Waals surface area contributed by atoms with Gasteiger partial charge in [-0.2, -0.15) is 0 Å². The Hall–Kier alpha value is -1.51. The van der Waals surface area contributed by atoms with E-state index in [0.717, 1.165) is 18.4 Å². The van der Waals surface area contributed by atoms with Crippen molar-refractivity contribution < 1.29 is 5.11 Å². The number of rotatable bonds is 3. The molecule has 2 nitrogen and oxygen atoms in total. The van der Waals surface area contributed by atoms with Gasteiger partial charge in [-0.15, -0.1) is 0 Å². The lowest BCUT2D eigenvalue weighted by Crippen LogP contribution is -2.22. The van der Waals surface area contributed by atoms with Gasteiger partial charge in [-0.25, -0.2) is 0 Å². The molecule has 0 bridgehead atoms. The minimum absolute atomic E-state index is 0.274. The highest BCUT2D eigenvalue weighted by Gasteiger charge is 2.26. The minimum Gasteiger partial charge on any atom is -0.508 e. The van der Waals surface area contributed by atoms with Crippen LogP contribution in [-0.2, 0) is 13.0 Å². The fourth-order valence-electron chi connectivity index (χ4n) is 3.06. The van der Waals surface area contributed by atoms with Crippen molar-refractivity contribution in [3.05, 3.63) is 64.2 Å². The molecule has 2 aromatic carbocycles. The molecule has 0 amide bonds. The summed E-state index contributed by atoms with van der Waals surface area (Å²) >= 11 is 6.19. The summed E-state index contributed by atoms with van der Waals surface area (Å²) in [6.07, 6.45) is 2.25. The maximum Gasteiger partial charge on any atom is 0.121 e. The van der Waals surface area contributed by atoms with Gasteiger partial charge in [0.25, 0.3) is 0 Å². The molecule has 20 heavy (non-hydrogen) atoms. The average Bonchev–Trinajstić information content (AvgIpc) is 2.87. The first-order valence-corrected chi connectivity index (χ1v) is 7.29. The molecule has 0 heterocycles. The summed E-state index contributed by atoms with van der Waals surface area (Å²) in [5, 5.41) is 10.6. The maximum absolute atomic E-state index is 9.97. The van der Waals surface area contributed by atoms with Crippen LogP contribution in [0.15, 0.2) is 42.5 Å². The molecule has 0 saturated carbocycles. The fourth-order valence-corrected chi connectivity index (χ4v) is 3.29. The number of hydrogen-bond acceptors (Lipinski definition) is 2. The molecular weight excluding hydrogens is 270 g/mol. The van der Waals surface area contributed by atoms with Crippen LogP contribution in [0.25, 0.3) is 0 Å². The third-order valence-electron chi connectivity index (χ3n) is 4.13. The molecular formula is C17H18ClNO. The number of aryl methyl sites for hydroxylation is 1. The normalized spacial score (nSPS) is 17.4. The average molecular weight is 288 g/mol. The Labute approximate surface area is 124 Å². The lowest BCUT2D eigenvalue weighted by molar-refractivity contribution is 0.233. The zero-order chi connectivity index (χ0) is 14.1. The van der Waals surface area contributed by atoms with Crippen LogP contribution < -0.4 is 0 Å². The Morgan fingerprint density at radius 3 is 2.80 bits per heavy atom. The highest BCUT2D eigenvalue weighted by molar-refractivity contribution is 6.31. The zero-order valence-corrected chi connectivity index (χ0v) is 12.3. The van der Waals surface area contributed by atoms with E-state index in [9.17, 15) is 5.11 Å². The molecule has 0 aromatic heterocycles. The van der Waals surface area contributed by atoms with Crippen molar-refractivity contribution in [2.75, 3.05) is 7.05 Å². The van der Waals surface area contributed by atoms with Crippen molar-refractivity contribution in [3.63, 3.8) is 0 Å². The number of aromatic hydroxyl groups is 1. The predicted octanol–water partition coefficient (Wildman–Crippen LogP) is 4.16. The smallest absolute Gasteiger partial charge is 0.121 e. The number of nitrogens with zero attached hydrogens (tertiary/aromatic N) is 1. The van der Waals surface area contributed by atoms with Crippen LogP contribution in [0, 0.1) is 0 Å². The zero-order valence-electron chi connectivity index (χ0n) is 11.5. The van der Waals surface area contributed by atoms with Gasteiger partial charge in [-0.3, -0.25) is 4.90 Å². The molecule has 1 aliphatic carbocycles. The molecule has 1 N–H and O–H groups in total. The van der Waals surface area contributed by atoms with Gasteiger partial charge < -0.3 is 5.11 Å². The highest BCUT2D eigenvalue weighted by atomic mass is 35.5. The largest absolute Gasteiger partial charge is 0.508 e. The van der Waals surface area contributed by atoms with E-state index in [-0.39, 0.29) is 5.75 Å². The second kappa shape index (κ2) is 5.47. The molecule has 0 aliphatic heterocycles. The van der Waals surface area contributed by atoms with Crippen LogP contribution in [0.1, 0.15) is 29.2 Å². The molecule has 2 aromatic rings. The minimum atomic E-state index is 0.274. The van der Waals surface area contributed by atoms with Gasteiger partial charge in [0.05, 0.1) is 0 Å². The Bertz CT molecular complexity index is 606. The van der Waals surface area contributed by atoms with Gasteiger partial charge in [0.15, 0.2) is 0 Å². The lowest BCUT2D eigenvalue weighted by Gasteiger charge is -2.26. The van der Waals surface area contributed by atoms with Gasteiger partial charge in [0.1, 0.15) is 5.75 Å². The molecule has 0 saturated heterocycles. The summed E-state index contributed by atoms with van der Waals surface area (Å²) in [6.45, 7) is 0.657. The monoisotopic (exact) mass is 287 g/mol. The van der Waals surface area contributed by atoms with E-state index in [2.05, 4.69) is 36.2 Å². The second-order valence-corrected chi connectivity index (χ2v) is 5.81. The number of fused-ring (bicyclic) bond motifs is 1. The number of hydrogen-bond donors (Lipinski definition) is 1. The third kappa shape index (κ3) is 2.41. The van der Waals surface area contributed by atoms with Crippen molar-refractivity contribution in [2.45, 2.75) is 25.4 Å². The number of phenols is 1. The molecule has 1 aliphatic rings. The number of phenolic OH excluding ortho intramolecular Hbond substituents is 1. The van der Waals surface area contributed by atoms with Crippen molar-refractivity contribution in [1.29, 1.82) is 0 Å². The van der Waals surface area contributed by atoms with Crippen LogP contribution in [0.4, 0.5) is 0 Å². The standard InChI is InChI=1S/C17H18ClNO/c1-19(11-14-15(18)7-4-8-17(14)20)16-10-9-12-5-2-3-6-13(12)16/h2-8,16,20H,9-11H2,1H3. The third-order valence-corrected chi connectivity index (χ3v) is 4.49. The van der Waals surface area contributed by atoms with Crippen molar-refractivity contribution in [3.8, 4) is 5.75 Å². The summed E-state index contributed by atoms with van der Waals surface area (Å²) < 4.78 is 0. The Morgan fingerprint density at radius 1 is 1.20 bits per heavy atom. The molecule has 3 heteroatoms. The van der Waals surface area contributed by atoms with E-state index in [1.54, 1.807) is 12.1 Å². The number of halogens is 1. The SMILES string of the molecule is CN(Cc1c(O)cccc1Cl)C1CCc2ccccc21. The summed E-state index contributed by atoms with van der Waals surface area (Å²) in [5.74, 6) is 0.274. The van der Waals surface area contributed by atoms with Crippen molar-refractivity contribution in [1.82, 2.24) is 4.90 Å². The van der Waals surface area contributed by atoms with Gasteiger partial charge in [-0.05, 0) is 43.1 Å². The van der Waals surface area contributed by atoms with E-state index >= 15 is 0 Å². The lowest BCUT2D eigenvalue weighted by atomic mass is 10.1. The van der Waals surface area contributed by atoms with E-state index < -0.39 is 0 Å². The summed E-state index contributed by atoms with van der Waals surface area (Å²) in [5.41, 5.74) is 3.65. The van der Waals surface area contributed by atoms with Gasteiger partial charge >= 0.3 is 0 Å². The number of benzene rings is 2. The van der Waals surface area contributed by atoms with E-state index in [0.29, 0.717) is 17.6 Å². The maximum atomic E-state index is 9.97. The molecule has 0 spiro atoms. The molecule has 0 radical (unpaired) electrons.